The average molecular weight is 276 g/mol. The zero-order chi connectivity index (χ0) is 15.1. The van der Waals surface area contributed by atoms with Crippen molar-refractivity contribution < 1.29 is 14.6 Å². The standard InChI is InChI=1S/C17H24O3/c1-12(2)6-5-9-20-17-13(3)10-15(11-14(17)4)7-8-16(18)19/h7-8,10-12H,5-6,9H2,1-4H3,(H,18,19)/b8-7+. The van der Waals surface area contributed by atoms with E-state index < -0.39 is 5.97 Å². The van der Waals surface area contributed by atoms with Crippen molar-refractivity contribution in [3.63, 3.8) is 0 Å². The molecule has 1 aromatic rings. The topological polar surface area (TPSA) is 46.5 Å². The zero-order valence-electron chi connectivity index (χ0n) is 12.8. The third-order valence-electron chi connectivity index (χ3n) is 3.07. The van der Waals surface area contributed by atoms with E-state index in [-0.39, 0.29) is 0 Å². The van der Waals surface area contributed by atoms with Gasteiger partial charge >= 0.3 is 5.97 Å². The predicted molar refractivity (Wildman–Crippen MR) is 82.2 cm³/mol. The summed E-state index contributed by atoms with van der Waals surface area (Å²) in [6, 6.07) is 3.90. The van der Waals surface area contributed by atoms with E-state index in [2.05, 4.69) is 13.8 Å². The molecule has 0 unspecified atom stereocenters. The summed E-state index contributed by atoms with van der Waals surface area (Å²) in [5, 5.41) is 8.64. The Morgan fingerprint density at radius 3 is 2.40 bits per heavy atom. The van der Waals surface area contributed by atoms with Crippen LogP contribution in [0.2, 0.25) is 0 Å². The summed E-state index contributed by atoms with van der Waals surface area (Å²) in [6.45, 7) is 9.12. The third-order valence-corrected chi connectivity index (χ3v) is 3.07. The minimum Gasteiger partial charge on any atom is -0.493 e. The van der Waals surface area contributed by atoms with E-state index in [9.17, 15) is 4.79 Å². The number of hydrogen-bond acceptors (Lipinski definition) is 2. The van der Waals surface area contributed by atoms with Crippen LogP contribution in [0.25, 0.3) is 6.08 Å². The Kier molecular flexibility index (Phi) is 6.29. The van der Waals surface area contributed by atoms with Crippen molar-refractivity contribution >= 4 is 12.0 Å². The van der Waals surface area contributed by atoms with E-state index in [1.54, 1.807) is 6.08 Å². The number of carboxylic acids is 1. The molecule has 0 spiro atoms. The smallest absolute Gasteiger partial charge is 0.328 e. The molecular formula is C17H24O3. The molecule has 0 saturated carbocycles. The molecule has 0 radical (unpaired) electrons. The van der Waals surface area contributed by atoms with Crippen LogP contribution in [-0.2, 0) is 4.79 Å². The first-order valence-electron chi connectivity index (χ1n) is 7.05. The van der Waals surface area contributed by atoms with Crippen LogP contribution in [0.15, 0.2) is 18.2 Å². The summed E-state index contributed by atoms with van der Waals surface area (Å²) in [6.07, 6.45) is 4.97. The fourth-order valence-corrected chi connectivity index (χ4v) is 2.14. The molecular weight excluding hydrogens is 252 g/mol. The van der Waals surface area contributed by atoms with E-state index in [4.69, 9.17) is 9.84 Å². The van der Waals surface area contributed by atoms with Crippen molar-refractivity contribution in [2.75, 3.05) is 6.61 Å². The van der Waals surface area contributed by atoms with Crippen LogP contribution in [0.3, 0.4) is 0 Å². The first kappa shape index (κ1) is 16.3. The summed E-state index contributed by atoms with van der Waals surface area (Å²) in [5.41, 5.74) is 2.97. The number of hydrogen-bond donors (Lipinski definition) is 1. The van der Waals surface area contributed by atoms with Crippen LogP contribution in [0.4, 0.5) is 0 Å². The molecule has 110 valence electrons. The lowest BCUT2D eigenvalue weighted by atomic mass is 10.1. The van der Waals surface area contributed by atoms with Crippen molar-refractivity contribution in [3.8, 4) is 5.75 Å². The number of aryl methyl sites for hydroxylation is 2. The number of ether oxygens (including phenoxy) is 1. The average Bonchev–Trinajstić information content (AvgIpc) is 2.34. The molecule has 0 aliphatic carbocycles. The Hall–Kier alpha value is -1.77. The number of rotatable bonds is 7. The second-order valence-electron chi connectivity index (χ2n) is 5.54. The maximum Gasteiger partial charge on any atom is 0.328 e. The van der Waals surface area contributed by atoms with Gasteiger partial charge in [-0.3, -0.25) is 0 Å². The lowest BCUT2D eigenvalue weighted by Crippen LogP contribution is -2.02. The number of benzene rings is 1. The fourth-order valence-electron chi connectivity index (χ4n) is 2.14. The highest BCUT2D eigenvalue weighted by molar-refractivity contribution is 5.85. The summed E-state index contributed by atoms with van der Waals surface area (Å²) in [7, 11) is 0. The van der Waals surface area contributed by atoms with Crippen molar-refractivity contribution in [1.29, 1.82) is 0 Å². The summed E-state index contributed by atoms with van der Waals surface area (Å²) < 4.78 is 5.86. The van der Waals surface area contributed by atoms with Crippen molar-refractivity contribution in [3.05, 3.63) is 34.9 Å². The molecule has 0 heterocycles. The minimum atomic E-state index is -0.936. The Balaban J connectivity index is 2.71. The monoisotopic (exact) mass is 276 g/mol. The quantitative estimate of drug-likeness (QED) is 0.599. The normalized spacial score (nSPS) is 11.2. The van der Waals surface area contributed by atoms with Gasteiger partial charge in [0.05, 0.1) is 6.61 Å². The van der Waals surface area contributed by atoms with Gasteiger partial charge in [-0.25, -0.2) is 4.79 Å². The Bertz CT molecular complexity index is 464. The van der Waals surface area contributed by atoms with Gasteiger partial charge in [-0.15, -0.1) is 0 Å². The van der Waals surface area contributed by atoms with Gasteiger partial charge in [-0.05, 0) is 67.5 Å². The van der Waals surface area contributed by atoms with Gasteiger partial charge in [0.15, 0.2) is 0 Å². The second-order valence-corrected chi connectivity index (χ2v) is 5.54. The zero-order valence-corrected chi connectivity index (χ0v) is 12.8. The van der Waals surface area contributed by atoms with Crippen LogP contribution in [0.1, 0.15) is 43.4 Å². The highest BCUT2D eigenvalue weighted by Gasteiger charge is 2.06. The highest BCUT2D eigenvalue weighted by atomic mass is 16.5. The molecule has 1 N–H and O–H groups in total. The molecule has 0 atom stereocenters. The van der Waals surface area contributed by atoms with Gasteiger partial charge in [-0.1, -0.05) is 13.8 Å². The molecule has 0 fully saturated rings. The van der Waals surface area contributed by atoms with Crippen LogP contribution in [-0.4, -0.2) is 17.7 Å². The molecule has 1 aromatic carbocycles. The number of carbonyl (C=O) groups is 1. The molecule has 1 rings (SSSR count). The largest absolute Gasteiger partial charge is 0.493 e. The van der Waals surface area contributed by atoms with Gasteiger partial charge in [-0.2, -0.15) is 0 Å². The fraction of sp³-hybridized carbons (Fsp3) is 0.471. The molecule has 20 heavy (non-hydrogen) atoms. The van der Waals surface area contributed by atoms with Crippen LogP contribution in [0, 0.1) is 19.8 Å². The van der Waals surface area contributed by atoms with Crippen LogP contribution < -0.4 is 4.74 Å². The first-order chi connectivity index (χ1) is 9.40. The summed E-state index contributed by atoms with van der Waals surface area (Å²) >= 11 is 0. The lowest BCUT2D eigenvalue weighted by molar-refractivity contribution is -0.131. The van der Waals surface area contributed by atoms with E-state index in [1.165, 1.54) is 0 Å². The SMILES string of the molecule is Cc1cc(/C=C/C(=O)O)cc(C)c1OCCCC(C)C. The van der Waals surface area contributed by atoms with Crippen LogP contribution in [0.5, 0.6) is 5.75 Å². The molecule has 0 aliphatic rings. The first-order valence-corrected chi connectivity index (χ1v) is 7.05. The molecule has 3 heteroatoms. The maximum absolute atomic E-state index is 10.5. The predicted octanol–water partition coefficient (Wildman–Crippen LogP) is 4.22. The van der Waals surface area contributed by atoms with Crippen molar-refractivity contribution in [1.82, 2.24) is 0 Å². The second kappa shape index (κ2) is 7.73. The Morgan fingerprint density at radius 2 is 1.90 bits per heavy atom. The minimum absolute atomic E-state index is 0.698. The Morgan fingerprint density at radius 1 is 1.30 bits per heavy atom. The molecule has 0 aromatic heterocycles. The lowest BCUT2D eigenvalue weighted by Gasteiger charge is -2.13. The van der Waals surface area contributed by atoms with Gasteiger partial charge < -0.3 is 9.84 Å². The van der Waals surface area contributed by atoms with Gasteiger partial charge in [0, 0.05) is 6.08 Å². The highest BCUT2D eigenvalue weighted by Crippen LogP contribution is 2.25. The van der Waals surface area contributed by atoms with E-state index in [0.29, 0.717) is 5.92 Å². The third kappa shape index (κ3) is 5.47. The van der Waals surface area contributed by atoms with Gasteiger partial charge in [0.25, 0.3) is 0 Å². The van der Waals surface area contributed by atoms with Gasteiger partial charge in [0.1, 0.15) is 5.75 Å². The van der Waals surface area contributed by atoms with Crippen LogP contribution >= 0.6 is 0 Å². The number of carboxylic acid groups (broad SMARTS) is 1. The molecule has 0 saturated heterocycles. The number of aliphatic carboxylic acids is 1. The summed E-state index contributed by atoms with van der Waals surface area (Å²) in [4.78, 5) is 10.5. The van der Waals surface area contributed by atoms with E-state index in [0.717, 1.165) is 48.0 Å². The van der Waals surface area contributed by atoms with E-state index >= 15 is 0 Å². The Labute approximate surface area is 121 Å². The maximum atomic E-state index is 10.5. The molecule has 0 bridgehead atoms. The van der Waals surface area contributed by atoms with Crippen molar-refractivity contribution in [2.24, 2.45) is 5.92 Å². The molecule has 0 aliphatic heterocycles. The van der Waals surface area contributed by atoms with E-state index in [1.807, 2.05) is 26.0 Å². The molecule has 3 nitrogen and oxygen atoms in total. The molecule has 0 amide bonds. The van der Waals surface area contributed by atoms with Crippen molar-refractivity contribution in [2.45, 2.75) is 40.5 Å². The van der Waals surface area contributed by atoms with Gasteiger partial charge in [0.2, 0.25) is 0 Å². The summed E-state index contributed by atoms with van der Waals surface area (Å²) in [5.74, 6) is 0.680.